The lowest BCUT2D eigenvalue weighted by Crippen LogP contribution is -2.31. The average Bonchev–Trinajstić information content (AvgIpc) is 3.48. The molecule has 0 bridgehead atoms. The first kappa shape index (κ1) is 37.2. The van der Waals surface area contributed by atoms with Crippen molar-refractivity contribution < 1.29 is 4.74 Å². The molecule has 0 amide bonds. The lowest BCUT2D eigenvalue weighted by molar-refractivity contribution is -0.151. The first-order valence-corrected chi connectivity index (χ1v) is 20.5. The van der Waals surface area contributed by atoms with Crippen LogP contribution in [0.15, 0.2) is 142 Å². The SMILES string of the molecule is CCC1(CC)OC(CC)(CC)c2cc(-c3cc(N(c4ccc(C)cc4)c4ccc(C)cc4)cc(N(c4ccc(Br)cc4)c4ccc(Br)cc4)c3)ccc21. The second-order valence-corrected chi connectivity index (χ2v) is 16.1. The Labute approximate surface area is 332 Å². The molecule has 3 nitrogen and oxygen atoms in total. The molecule has 0 radical (unpaired) electrons. The van der Waals surface area contributed by atoms with E-state index in [2.05, 4.69) is 217 Å². The summed E-state index contributed by atoms with van der Waals surface area (Å²) in [5.41, 5.74) is 13.4. The fraction of sp³-hybridized carbons (Fsp3) is 0.250. The van der Waals surface area contributed by atoms with Crippen molar-refractivity contribution in [2.75, 3.05) is 9.80 Å². The highest BCUT2D eigenvalue weighted by atomic mass is 79.9. The van der Waals surface area contributed by atoms with Gasteiger partial charge in [-0.05, 0) is 159 Å². The number of fused-ring (bicyclic) bond motifs is 1. The van der Waals surface area contributed by atoms with Crippen LogP contribution in [-0.4, -0.2) is 0 Å². The van der Waals surface area contributed by atoms with Crippen molar-refractivity contribution in [3.8, 4) is 11.1 Å². The number of rotatable bonds is 11. The third-order valence-electron chi connectivity index (χ3n) is 11.2. The minimum Gasteiger partial charge on any atom is -0.359 e. The Hall–Kier alpha value is -4.16. The topological polar surface area (TPSA) is 15.7 Å². The van der Waals surface area contributed by atoms with Crippen LogP contribution in [0.25, 0.3) is 11.1 Å². The highest BCUT2D eigenvalue weighted by Crippen LogP contribution is 2.55. The normalized spacial score (nSPS) is 14.2. The van der Waals surface area contributed by atoms with Gasteiger partial charge in [0.15, 0.2) is 0 Å². The van der Waals surface area contributed by atoms with Crippen molar-refractivity contribution in [2.45, 2.75) is 78.4 Å². The van der Waals surface area contributed by atoms with Crippen molar-refractivity contribution in [3.05, 3.63) is 165 Å². The van der Waals surface area contributed by atoms with Gasteiger partial charge in [0.25, 0.3) is 0 Å². The first-order valence-electron chi connectivity index (χ1n) is 18.9. The van der Waals surface area contributed by atoms with Gasteiger partial charge in [0, 0.05) is 43.1 Å². The number of halogens is 2. The Balaban J connectivity index is 1.51. The molecule has 6 aromatic carbocycles. The van der Waals surface area contributed by atoms with Crippen molar-refractivity contribution in [1.29, 1.82) is 0 Å². The van der Waals surface area contributed by atoms with E-state index in [0.717, 1.165) is 74.3 Å². The molecular weight excluding hydrogens is 780 g/mol. The van der Waals surface area contributed by atoms with E-state index in [9.17, 15) is 0 Å². The van der Waals surface area contributed by atoms with E-state index in [1.54, 1.807) is 0 Å². The molecule has 0 saturated carbocycles. The number of anilines is 6. The molecule has 0 saturated heterocycles. The molecule has 0 atom stereocenters. The number of ether oxygens (including phenoxy) is 1. The quantitative estimate of drug-likeness (QED) is 0.129. The van der Waals surface area contributed by atoms with Crippen LogP contribution in [0.5, 0.6) is 0 Å². The predicted molar refractivity (Wildman–Crippen MR) is 232 cm³/mol. The summed E-state index contributed by atoms with van der Waals surface area (Å²) < 4.78 is 9.25. The third kappa shape index (κ3) is 7.12. The van der Waals surface area contributed by atoms with E-state index >= 15 is 0 Å². The minimum absolute atomic E-state index is 0.263. The number of hydrogen-bond donors (Lipinski definition) is 0. The molecule has 270 valence electrons. The van der Waals surface area contributed by atoms with Crippen LogP contribution in [0, 0.1) is 13.8 Å². The van der Waals surface area contributed by atoms with Crippen LogP contribution < -0.4 is 9.80 Å². The smallest absolute Gasteiger partial charge is 0.0942 e. The van der Waals surface area contributed by atoms with Gasteiger partial charge in [0.05, 0.1) is 11.2 Å². The van der Waals surface area contributed by atoms with Crippen molar-refractivity contribution >= 4 is 66.0 Å². The van der Waals surface area contributed by atoms with Gasteiger partial charge in [-0.3, -0.25) is 0 Å². The van der Waals surface area contributed by atoms with Crippen LogP contribution in [-0.2, 0) is 15.9 Å². The highest BCUT2D eigenvalue weighted by Gasteiger charge is 2.49. The fourth-order valence-electron chi connectivity index (χ4n) is 8.01. The molecule has 53 heavy (non-hydrogen) atoms. The van der Waals surface area contributed by atoms with Crippen molar-refractivity contribution in [2.24, 2.45) is 0 Å². The maximum Gasteiger partial charge on any atom is 0.0942 e. The molecule has 1 aliphatic rings. The van der Waals surface area contributed by atoms with E-state index < -0.39 is 0 Å². The van der Waals surface area contributed by atoms with Gasteiger partial charge in [-0.15, -0.1) is 0 Å². The molecule has 0 unspecified atom stereocenters. The number of hydrogen-bond acceptors (Lipinski definition) is 3. The number of benzene rings is 6. The summed E-state index contributed by atoms with van der Waals surface area (Å²) in [4.78, 5) is 4.73. The highest BCUT2D eigenvalue weighted by molar-refractivity contribution is 9.10. The van der Waals surface area contributed by atoms with Crippen LogP contribution in [0.2, 0.25) is 0 Å². The Kier molecular flexibility index (Phi) is 10.7. The van der Waals surface area contributed by atoms with Crippen molar-refractivity contribution in [1.82, 2.24) is 0 Å². The zero-order valence-electron chi connectivity index (χ0n) is 31.6. The van der Waals surface area contributed by atoms with E-state index in [1.165, 1.54) is 27.8 Å². The molecule has 1 aliphatic heterocycles. The maximum atomic E-state index is 7.16. The monoisotopic (exact) mass is 826 g/mol. The Morgan fingerprint density at radius 3 is 1.19 bits per heavy atom. The number of nitrogens with zero attached hydrogens (tertiary/aromatic N) is 2. The maximum absolute atomic E-state index is 7.16. The molecule has 0 aliphatic carbocycles. The Bertz CT molecular complexity index is 1980. The summed E-state index contributed by atoms with van der Waals surface area (Å²) in [6.45, 7) is 13.4. The van der Waals surface area contributed by atoms with E-state index in [4.69, 9.17) is 4.74 Å². The van der Waals surface area contributed by atoms with Gasteiger partial charge in [-0.1, -0.05) is 107 Å². The summed E-state index contributed by atoms with van der Waals surface area (Å²) in [5.74, 6) is 0. The van der Waals surface area contributed by atoms with Crippen LogP contribution in [0.3, 0.4) is 0 Å². The van der Waals surface area contributed by atoms with E-state index in [-0.39, 0.29) is 11.2 Å². The van der Waals surface area contributed by atoms with E-state index in [1.807, 2.05) is 0 Å². The zero-order chi connectivity index (χ0) is 37.3. The van der Waals surface area contributed by atoms with E-state index in [0.29, 0.717) is 0 Å². The summed E-state index contributed by atoms with van der Waals surface area (Å²) in [6, 6.07) is 49.0. The molecule has 0 aromatic heterocycles. The zero-order valence-corrected chi connectivity index (χ0v) is 34.8. The second-order valence-electron chi connectivity index (χ2n) is 14.3. The summed E-state index contributed by atoms with van der Waals surface area (Å²) in [5, 5.41) is 0. The summed E-state index contributed by atoms with van der Waals surface area (Å²) >= 11 is 7.35. The summed E-state index contributed by atoms with van der Waals surface area (Å²) in [7, 11) is 0. The van der Waals surface area contributed by atoms with Crippen molar-refractivity contribution in [3.63, 3.8) is 0 Å². The largest absolute Gasteiger partial charge is 0.359 e. The first-order chi connectivity index (χ1) is 25.6. The Morgan fingerprint density at radius 2 is 0.792 bits per heavy atom. The minimum atomic E-state index is -0.311. The number of aryl methyl sites for hydroxylation is 2. The Morgan fingerprint density at radius 1 is 0.415 bits per heavy atom. The van der Waals surface area contributed by atoms with Gasteiger partial charge in [0.2, 0.25) is 0 Å². The van der Waals surface area contributed by atoms with Crippen LogP contribution in [0.1, 0.15) is 75.6 Å². The predicted octanol–water partition coefficient (Wildman–Crippen LogP) is 15.5. The average molecular weight is 829 g/mol. The van der Waals surface area contributed by atoms with Gasteiger partial charge in [-0.2, -0.15) is 0 Å². The molecule has 7 rings (SSSR count). The standard InChI is InChI=1S/C48H48Br2N2O/c1-7-47(8-2)45-28-15-35(31-46(45)48(9-3,10-4)53-47)36-29-43(51(39-20-11-33(5)12-21-39)40-22-13-34(6)14-23-40)32-44(30-36)52(41-24-16-37(49)17-25-41)42-26-18-38(50)19-27-42/h11-32H,7-10H2,1-6H3. The second kappa shape index (κ2) is 15.3. The molecule has 0 N–H and O–H groups in total. The third-order valence-corrected chi connectivity index (χ3v) is 12.2. The van der Waals surface area contributed by atoms with Crippen LogP contribution in [0.4, 0.5) is 34.1 Å². The molecular formula is C48H48Br2N2O. The van der Waals surface area contributed by atoms with Gasteiger partial charge in [-0.25, -0.2) is 0 Å². The molecule has 0 fully saturated rings. The molecule has 5 heteroatoms. The molecule has 6 aromatic rings. The van der Waals surface area contributed by atoms with Gasteiger partial charge >= 0.3 is 0 Å². The van der Waals surface area contributed by atoms with Crippen LogP contribution >= 0.6 is 31.9 Å². The van der Waals surface area contributed by atoms with Gasteiger partial charge in [0.1, 0.15) is 0 Å². The summed E-state index contributed by atoms with van der Waals surface area (Å²) in [6.07, 6.45) is 3.77. The van der Waals surface area contributed by atoms with Gasteiger partial charge < -0.3 is 14.5 Å². The lowest BCUT2D eigenvalue weighted by Gasteiger charge is -2.34. The molecule has 0 spiro atoms. The molecule has 1 heterocycles. The lowest BCUT2D eigenvalue weighted by atomic mass is 9.81. The fourth-order valence-corrected chi connectivity index (χ4v) is 8.54.